The molecule has 1 heterocycles. The number of unbranched alkanes of at least 4 members (excludes halogenated alkanes) is 3. The van der Waals surface area contributed by atoms with Crippen LogP contribution in [0.4, 0.5) is 0 Å². The van der Waals surface area contributed by atoms with Gasteiger partial charge in [-0.25, -0.2) is 13.1 Å². The number of hydrogen-bond donors (Lipinski definition) is 2. The molecule has 3 N–H and O–H groups in total. The fraction of sp³-hybridized carbons (Fsp3) is 0.406. The smallest absolute Gasteiger partial charge is 0.304 e. The monoisotopic (exact) mass is 623 g/mol. The van der Waals surface area contributed by atoms with Gasteiger partial charge in [0.15, 0.2) is 0 Å². The van der Waals surface area contributed by atoms with Crippen LogP contribution in [-0.2, 0) is 28.4 Å². The highest BCUT2D eigenvalue weighted by Crippen LogP contribution is 2.35. The molecule has 0 saturated heterocycles. The van der Waals surface area contributed by atoms with Crippen molar-refractivity contribution in [1.29, 1.82) is 0 Å². The van der Waals surface area contributed by atoms with E-state index in [2.05, 4.69) is 10.3 Å². The molecular formula is C32H41N5O6S. The van der Waals surface area contributed by atoms with Crippen molar-refractivity contribution in [3.63, 3.8) is 0 Å². The number of nitrogens with two attached hydrogens (primary N) is 1. The molecule has 0 spiro atoms. The fourth-order valence-corrected chi connectivity index (χ4v) is 6.36. The van der Waals surface area contributed by atoms with Gasteiger partial charge in [-0.2, -0.15) is 4.31 Å². The average molecular weight is 624 g/mol. The lowest BCUT2D eigenvalue weighted by molar-refractivity contribution is -0.137. The first-order chi connectivity index (χ1) is 21.0. The van der Waals surface area contributed by atoms with Crippen LogP contribution in [0, 0.1) is 6.92 Å². The van der Waals surface area contributed by atoms with Gasteiger partial charge in [-0.15, -0.1) is 5.10 Å². The van der Waals surface area contributed by atoms with Crippen LogP contribution >= 0.6 is 0 Å². The first-order valence-corrected chi connectivity index (χ1v) is 16.1. The summed E-state index contributed by atoms with van der Waals surface area (Å²) in [5, 5.41) is 18.1. The van der Waals surface area contributed by atoms with Gasteiger partial charge < -0.3 is 20.3 Å². The maximum absolute atomic E-state index is 13.5. The van der Waals surface area contributed by atoms with E-state index in [1.807, 2.05) is 37.3 Å². The van der Waals surface area contributed by atoms with Crippen molar-refractivity contribution in [2.75, 3.05) is 27.3 Å². The Morgan fingerprint density at radius 2 is 1.77 bits per heavy atom. The molecule has 0 saturated carbocycles. The highest BCUT2D eigenvalue weighted by atomic mass is 32.2. The number of hydrogen-bond acceptors (Lipinski definition) is 8. The predicted octanol–water partition coefficient (Wildman–Crippen LogP) is 4.61. The Bertz CT molecular complexity index is 1690. The van der Waals surface area contributed by atoms with Crippen LogP contribution in [-0.4, -0.2) is 66.1 Å². The Labute approximate surface area is 258 Å². The van der Waals surface area contributed by atoms with Gasteiger partial charge >= 0.3 is 5.97 Å². The number of nitrogens with zero attached hydrogens (tertiary/aromatic N) is 4. The zero-order chi connectivity index (χ0) is 31.9. The van der Waals surface area contributed by atoms with Crippen LogP contribution in [0.3, 0.4) is 0 Å². The van der Waals surface area contributed by atoms with Gasteiger partial charge in [0.25, 0.3) is 0 Å². The minimum atomic E-state index is -3.80. The highest BCUT2D eigenvalue weighted by Gasteiger charge is 2.25. The summed E-state index contributed by atoms with van der Waals surface area (Å²) in [5.41, 5.74) is 9.94. The van der Waals surface area contributed by atoms with Gasteiger partial charge in [0.1, 0.15) is 22.5 Å². The van der Waals surface area contributed by atoms with Crippen molar-refractivity contribution in [2.24, 2.45) is 12.8 Å². The minimum absolute atomic E-state index is 0.107. The number of sulfonamides is 1. The molecule has 4 aromatic rings. The first-order valence-electron chi connectivity index (χ1n) is 14.6. The lowest BCUT2D eigenvalue weighted by Gasteiger charge is -2.22. The topological polar surface area (TPSA) is 150 Å². The van der Waals surface area contributed by atoms with Gasteiger partial charge in [0.2, 0.25) is 10.0 Å². The minimum Gasteiger partial charge on any atom is -0.494 e. The van der Waals surface area contributed by atoms with Crippen LogP contribution in [0.5, 0.6) is 11.5 Å². The summed E-state index contributed by atoms with van der Waals surface area (Å²) >= 11 is 0. The number of rotatable bonds is 16. The first kappa shape index (κ1) is 32.9. The Morgan fingerprint density at radius 1 is 1.05 bits per heavy atom. The molecule has 0 aliphatic heterocycles. The van der Waals surface area contributed by atoms with Crippen molar-refractivity contribution >= 4 is 27.0 Å². The molecule has 11 nitrogen and oxygen atoms in total. The maximum atomic E-state index is 13.5. The van der Waals surface area contributed by atoms with Gasteiger partial charge in [-0.1, -0.05) is 36.3 Å². The Morgan fingerprint density at radius 3 is 2.45 bits per heavy atom. The summed E-state index contributed by atoms with van der Waals surface area (Å²) in [6.07, 6.45) is 3.85. The normalized spacial score (nSPS) is 12.5. The average Bonchev–Trinajstić information content (AvgIpc) is 3.38. The van der Waals surface area contributed by atoms with E-state index in [1.165, 1.54) is 11.4 Å². The quantitative estimate of drug-likeness (QED) is 0.171. The van der Waals surface area contributed by atoms with Crippen LogP contribution in [0.1, 0.15) is 60.3 Å². The SMILES string of the molecule is COc1cc(C(CC(=O)O)c2ccc(C)c(CN(C)S(=O)(=O)c3ccc(OCCCCCCN)cc3)c2)cc2nnn(C)c12. The van der Waals surface area contributed by atoms with Gasteiger partial charge in [-0.05, 0) is 85.0 Å². The number of ether oxygens (including phenoxy) is 2. The number of fused-ring (bicyclic) bond motifs is 1. The third-order valence-corrected chi connectivity index (χ3v) is 9.57. The van der Waals surface area contributed by atoms with E-state index >= 15 is 0 Å². The number of benzene rings is 3. The number of carbonyl (C=O) groups is 1. The lowest BCUT2D eigenvalue weighted by atomic mass is 9.86. The van der Waals surface area contributed by atoms with E-state index in [-0.39, 0.29) is 17.9 Å². The van der Waals surface area contributed by atoms with Crippen molar-refractivity contribution in [2.45, 2.75) is 56.4 Å². The number of aromatic nitrogens is 3. The lowest BCUT2D eigenvalue weighted by Crippen LogP contribution is -2.27. The number of carboxylic acids is 1. The van der Waals surface area contributed by atoms with Crippen molar-refractivity contribution in [3.8, 4) is 11.5 Å². The third-order valence-electron chi connectivity index (χ3n) is 7.76. The molecule has 0 aliphatic carbocycles. The van der Waals surface area contributed by atoms with Crippen molar-refractivity contribution in [1.82, 2.24) is 19.3 Å². The second kappa shape index (κ2) is 14.7. The molecule has 12 heteroatoms. The van der Waals surface area contributed by atoms with Crippen LogP contribution in [0.25, 0.3) is 11.0 Å². The molecule has 0 fully saturated rings. The summed E-state index contributed by atoms with van der Waals surface area (Å²) in [6, 6.07) is 15.7. The van der Waals surface area contributed by atoms with E-state index < -0.39 is 21.9 Å². The van der Waals surface area contributed by atoms with E-state index in [4.69, 9.17) is 15.2 Å². The molecule has 4 rings (SSSR count). The molecular weight excluding hydrogens is 582 g/mol. The predicted molar refractivity (Wildman–Crippen MR) is 168 cm³/mol. The van der Waals surface area contributed by atoms with Crippen LogP contribution < -0.4 is 15.2 Å². The zero-order valence-electron chi connectivity index (χ0n) is 25.7. The standard InChI is InChI=1S/C32H41N5O6S/c1-22-9-10-23(28(20-31(38)39)24-18-29-32(30(19-24)42-4)37(3)35-34-29)17-25(22)21-36(2)44(40,41)27-13-11-26(12-14-27)43-16-8-6-5-7-15-33/h9-14,17-19,28H,5-8,15-16,20-21,33H2,1-4H3,(H,38,39). The summed E-state index contributed by atoms with van der Waals surface area (Å²) in [4.78, 5) is 12.1. The maximum Gasteiger partial charge on any atom is 0.304 e. The summed E-state index contributed by atoms with van der Waals surface area (Å²) in [6.45, 7) is 3.27. The Balaban J connectivity index is 1.54. The molecule has 0 radical (unpaired) electrons. The molecule has 1 aromatic heterocycles. The van der Waals surface area contributed by atoms with Crippen molar-refractivity contribution in [3.05, 3.63) is 76.9 Å². The highest BCUT2D eigenvalue weighted by molar-refractivity contribution is 7.89. The van der Waals surface area contributed by atoms with Gasteiger partial charge in [-0.3, -0.25) is 4.79 Å². The van der Waals surface area contributed by atoms with E-state index in [0.717, 1.165) is 42.4 Å². The Hall–Kier alpha value is -4.00. The summed E-state index contributed by atoms with van der Waals surface area (Å²) in [7, 11) is 1.04. The molecule has 1 atom stereocenters. The number of carboxylic acid groups (broad SMARTS) is 1. The second-order valence-corrected chi connectivity index (χ2v) is 13.0. The summed E-state index contributed by atoms with van der Waals surface area (Å²) < 4.78 is 41.2. The fourth-order valence-electron chi connectivity index (χ4n) is 5.22. The number of aryl methyl sites for hydroxylation is 2. The van der Waals surface area contributed by atoms with E-state index in [9.17, 15) is 18.3 Å². The zero-order valence-corrected chi connectivity index (χ0v) is 26.5. The van der Waals surface area contributed by atoms with Gasteiger partial charge in [0, 0.05) is 26.6 Å². The molecule has 236 valence electrons. The molecule has 1 unspecified atom stereocenters. The molecule has 0 bridgehead atoms. The number of aliphatic carboxylic acids is 1. The molecule has 3 aromatic carbocycles. The van der Waals surface area contributed by atoms with Crippen LogP contribution in [0.2, 0.25) is 0 Å². The van der Waals surface area contributed by atoms with Gasteiger partial charge in [0.05, 0.1) is 25.0 Å². The molecule has 0 amide bonds. The second-order valence-electron chi connectivity index (χ2n) is 10.9. The molecule has 44 heavy (non-hydrogen) atoms. The van der Waals surface area contributed by atoms with Crippen LogP contribution in [0.15, 0.2) is 59.5 Å². The van der Waals surface area contributed by atoms with E-state index in [1.54, 1.807) is 43.1 Å². The Kier molecular flexibility index (Phi) is 11.0. The largest absolute Gasteiger partial charge is 0.494 e. The number of methoxy groups -OCH3 is 1. The third kappa shape index (κ3) is 7.74. The van der Waals surface area contributed by atoms with Crippen molar-refractivity contribution < 1.29 is 27.8 Å². The molecule has 0 aliphatic rings. The summed E-state index contributed by atoms with van der Waals surface area (Å²) in [5.74, 6) is -0.330. The van der Waals surface area contributed by atoms with E-state index in [0.29, 0.717) is 41.2 Å².